The Hall–Kier alpha value is -1.24. The van der Waals surface area contributed by atoms with Crippen LogP contribution in [0.25, 0.3) is 0 Å². The number of hydrogen-bond donors (Lipinski definition) is 2. The van der Waals surface area contributed by atoms with Crippen LogP contribution in [0.4, 0.5) is 10.1 Å². The van der Waals surface area contributed by atoms with Crippen molar-refractivity contribution < 1.29 is 14.4 Å². The summed E-state index contributed by atoms with van der Waals surface area (Å²) >= 11 is 0. The molecule has 0 aliphatic carbocycles. The summed E-state index contributed by atoms with van der Waals surface area (Å²) in [4.78, 5) is 9.52. The summed E-state index contributed by atoms with van der Waals surface area (Å²) in [7, 11) is 0. The van der Waals surface area contributed by atoms with Crippen molar-refractivity contribution in [3.8, 4) is 0 Å². The molecular formula is C8H10ClFN2O3. The number of rotatable bonds is 3. The van der Waals surface area contributed by atoms with E-state index in [4.69, 9.17) is 10.8 Å². The molecule has 3 N–H and O–H groups in total. The monoisotopic (exact) mass is 236 g/mol. The molecule has 1 aromatic rings. The molecule has 0 aromatic heterocycles. The Morgan fingerprint density at radius 3 is 2.67 bits per heavy atom. The zero-order valence-electron chi connectivity index (χ0n) is 7.59. The average Bonchev–Trinajstić information content (AvgIpc) is 2.17. The zero-order valence-corrected chi connectivity index (χ0v) is 8.41. The smallest absolute Gasteiger partial charge is 0.305 e. The minimum atomic E-state index is -0.913. The topological polar surface area (TPSA) is 89.4 Å². The lowest BCUT2D eigenvalue weighted by Crippen LogP contribution is -2.14. The number of nitrogens with two attached hydrogens (primary N) is 1. The lowest BCUT2D eigenvalue weighted by Gasteiger charge is -2.07. The molecule has 1 rings (SSSR count). The second kappa shape index (κ2) is 5.59. The van der Waals surface area contributed by atoms with Gasteiger partial charge in [0.1, 0.15) is 0 Å². The van der Waals surface area contributed by atoms with Crippen LogP contribution < -0.4 is 5.73 Å². The number of nitro groups is 1. The first-order chi connectivity index (χ1) is 6.56. The second-order valence-corrected chi connectivity index (χ2v) is 2.76. The van der Waals surface area contributed by atoms with Gasteiger partial charge in [-0.3, -0.25) is 10.1 Å². The van der Waals surface area contributed by atoms with Gasteiger partial charge in [0.15, 0.2) is 0 Å². The van der Waals surface area contributed by atoms with E-state index < -0.39 is 22.5 Å². The molecular weight excluding hydrogens is 227 g/mol. The van der Waals surface area contributed by atoms with Crippen LogP contribution in [0.5, 0.6) is 0 Å². The van der Waals surface area contributed by atoms with Gasteiger partial charge >= 0.3 is 5.69 Å². The molecule has 0 radical (unpaired) electrons. The van der Waals surface area contributed by atoms with E-state index in [1.807, 2.05) is 0 Å². The fourth-order valence-corrected chi connectivity index (χ4v) is 1.01. The highest BCUT2D eigenvalue weighted by molar-refractivity contribution is 5.85. The van der Waals surface area contributed by atoms with Crippen LogP contribution in [-0.2, 0) is 0 Å². The first kappa shape index (κ1) is 13.8. The van der Waals surface area contributed by atoms with E-state index >= 15 is 0 Å². The molecule has 0 amide bonds. The Morgan fingerprint density at radius 2 is 2.20 bits per heavy atom. The number of aliphatic hydroxyl groups is 1. The molecule has 0 aliphatic rings. The maximum atomic E-state index is 12.8. The Bertz CT molecular complexity index is 362. The summed E-state index contributed by atoms with van der Waals surface area (Å²) in [5.41, 5.74) is 5.12. The molecule has 0 saturated heterocycles. The molecule has 0 heterocycles. The zero-order chi connectivity index (χ0) is 10.7. The van der Waals surface area contributed by atoms with Crippen molar-refractivity contribution in [2.45, 2.75) is 6.04 Å². The molecule has 0 unspecified atom stereocenters. The van der Waals surface area contributed by atoms with E-state index in [-0.39, 0.29) is 19.0 Å². The summed E-state index contributed by atoms with van der Waals surface area (Å²) < 4.78 is 12.8. The molecule has 0 fully saturated rings. The summed E-state index contributed by atoms with van der Waals surface area (Å²) in [6.45, 7) is -0.344. The fourth-order valence-electron chi connectivity index (χ4n) is 1.01. The van der Waals surface area contributed by atoms with Crippen molar-refractivity contribution in [2.24, 2.45) is 5.73 Å². The molecule has 1 atom stereocenters. The van der Waals surface area contributed by atoms with Crippen LogP contribution in [0.2, 0.25) is 0 Å². The predicted octanol–water partition coefficient (Wildman–Crippen LogP) is 1.15. The molecule has 0 bridgehead atoms. The van der Waals surface area contributed by atoms with Gasteiger partial charge in [0, 0.05) is 6.07 Å². The Morgan fingerprint density at radius 1 is 1.60 bits per heavy atom. The molecule has 84 valence electrons. The lowest BCUT2D eigenvalue weighted by atomic mass is 10.1. The van der Waals surface area contributed by atoms with Crippen molar-refractivity contribution in [1.82, 2.24) is 0 Å². The first-order valence-corrected chi connectivity index (χ1v) is 3.86. The minimum absolute atomic E-state index is 0. The van der Waals surface area contributed by atoms with Crippen molar-refractivity contribution in [3.63, 3.8) is 0 Å². The van der Waals surface area contributed by atoms with Crippen molar-refractivity contribution >= 4 is 18.1 Å². The Balaban J connectivity index is 0.00000196. The summed E-state index contributed by atoms with van der Waals surface area (Å²) in [5.74, 6) is -0.913. The number of nitro benzene ring substituents is 1. The number of benzene rings is 1. The molecule has 1 aromatic carbocycles. The third-order valence-electron chi connectivity index (χ3n) is 1.79. The van der Waals surface area contributed by atoms with E-state index in [1.165, 1.54) is 6.07 Å². The third-order valence-corrected chi connectivity index (χ3v) is 1.79. The van der Waals surface area contributed by atoms with Crippen LogP contribution in [0.1, 0.15) is 11.6 Å². The molecule has 15 heavy (non-hydrogen) atoms. The number of nitrogens with zero attached hydrogens (tertiary/aromatic N) is 1. The molecule has 0 saturated carbocycles. The van der Waals surface area contributed by atoms with Gasteiger partial charge in [-0.25, -0.2) is 0 Å². The van der Waals surface area contributed by atoms with Gasteiger partial charge in [-0.1, -0.05) is 6.07 Å². The summed E-state index contributed by atoms with van der Waals surface area (Å²) in [6, 6.07) is 2.57. The van der Waals surface area contributed by atoms with Crippen molar-refractivity contribution in [3.05, 3.63) is 39.7 Å². The highest BCUT2D eigenvalue weighted by Gasteiger charge is 2.16. The second-order valence-electron chi connectivity index (χ2n) is 2.76. The molecule has 5 nitrogen and oxygen atoms in total. The summed E-state index contributed by atoms with van der Waals surface area (Å²) in [5, 5.41) is 19.0. The van der Waals surface area contributed by atoms with Gasteiger partial charge in [0.05, 0.1) is 17.6 Å². The maximum absolute atomic E-state index is 12.8. The number of halogens is 2. The first-order valence-electron chi connectivity index (χ1n) is 3.86. The van der Waals surface area contributed by atoms with Crippen molar-refractivity contribution in [1.29, 1.82) is 0 Å². The largest absolute Gasteiger partial charge is 0.394 e. The van der Waals surface area contributed by atoms with Crippen LogP contribution in [0, 0.1) is 15.9 Å². The lowest BCUT2D eigenvalue weighted by molar-refractivity contribution is -0.387. The molecule has 0 spiro atoms. The minimum Gasteiger partial charge on any atom is -0.394 e. The van der Waals surface area contributed by atoms with Crippen LogP contribution >= 0.6 is 12.4 Å². The molecule has 7 heteroatoms. The Labute approximate surface area is 91.3 Å². The fraction of sp³-hybridized carbons (Fsp3) is 0.250. The van der Waals surface area contributed by atoms with Crippen LogP contribution in [0.3, 0.4) is 0 Å². The molecule has 0 aliphatic heterocycles. The third kappa shape index (κ3) is 3.12. The average molecular weight is 237 g/mol. The number of aliphatic hydroxyl groups excluding tert-OH is 1. The Kier molecular flexibility index (Phi) is 5.13. The normalized spacial score (nSPS) is 11.7. The van der Waals surface area contributed by atoms with E-state index in [1.54, 1.807) is 0 Å². The van der Waals surface area contributed by atoms with Crippen molar-refractivity contribution in [2.75, 3.05) is 6.61 Å². The number of hydrogen-bond acceptors (Lipinski definition) is 4. The highest BCUT2D eigenvalue weighted by atomic mass is 35.5. The van der Waals surface area contributed by atoms with Gasteiger partial charge in [-0.05, 0) is 11.6 Å². The van der Waals surface area contributed by atoms with E-state index in [2.05, 4.69) is 0 Å². The van der Waals surface area contributed by atoms with Crippen LogP contribution in [0.15, 0.2) is 18.2 Å². The predicted molar refractivity (Wildman–Crippen MR) is 54.3 cm³/mol. The van der Waals surface area contributed by atoms with E-state index in [0.29, 0.717) is 5.56 Å². The van der Waals surface area contributed by atoms with Gasteiger partial charge < -0.3 is 10.8 Å². The maximum Gasteiger partial charge on any atom is 0.305 e. The van der Waals surface area contributed by atoms with E-state index in [0.717, 1.165) is 12.1 Å². The standard InChI is InChI=1S/C8H9FN2O3.ClH/c9-6-2-1-5(7(10)4-12)3-8(6)11(13)14;/h1-3,7,12H,4,10H2;1H/t7-;/m0./s1. The summed E-state index contributed by atoms with van der Waals surface area (Å²) in [6.07, 6.45) is 0. The van der Waals surface area contributed by atoms with Gasteiger partial charge in [0.2, 0.25) is 5.82 Å². The van der Waals surface area contributed by atoms with Gasteiger partial charge in [-0.15, -0.1) is 12.4 Å². The van der Waals surface area contributed by atoms with Crippen LogP contribution in [-0.4, -0.2) is 16.6 Å². The van der Waals surface area contributed by atoms with Gasteiger partial charge in [0.25, 0.3) is 0 Å². The van der Waals surface area contributed by atoms with E-state index in [9.17, 15) is 14.5 Å². The SMILES string of the molecule is Cl.N[C@@H](CO)c1ccc(F)c([N+](=O)[O-])c1. The van der Waals surface area contributed by atoms with Gasteiger partial charge in [-0.2, -0.15) is 4.39 Å². The highest BCUT2D eigenvalue weighted by Crippen LogP contribution is 2.21. The quantitative estimate of drug-likeness (QED) is 0.609.